The zero-order valence-electron chi connectivity index (χ0n) is 5.22. The molecular weight excluding hydrogens is 186 g/mol. The second kappa shape index (κ2) is 2.19. The average Bonchev–Trinajstić information content (AvgIpc) is 2.35. The first-order valence-corrected chi connectivity index (χ1v) is 4.85. The lowest BCUT2D eigenvalue weighted by Gasteiger charge is -1.73. The van der Waals surface area contributed by atoms with Crippen LogP contribution in [0.3, 0.4) is 0 Å². The van der Waals surface area contributed by atoms with Gasteiger partial charge in [0.25, 0.3) is 0 Å². The van der Waals surface area contributed by atoms with Gasteiger partial charge < -0.3 is 0 Å². The fraction of sp³-hybridized carbons (Fsp3) is 0.167. The number of halogens is 1. The number of nitrogens with zero attached hydrogens (tertiary/aromatic N) is 1. The zero-order valence-corrected chi connectivity index (χ0v) is 7.61. The van der Waals surface area contributed by atoms with Crippen molar-refractivity contribution in [3.8, 4) is 0 Å². The summed E-state index contributed by atoms with van der Waals surface area (Å²) in [5, 5.41) is 3.85. The summed E-state index contributed by atoms with van der Waals surface area (Å²) < 4.78 is 1.13. The summed E-state index contributed by atoms with van der Waals surface area (Å²) in [5.41, 5.74) is 0. The average molecular weight is 190 g/mol. The highest BCUT2D eigenvalue weighted by Gasteiger charge is 2.05. The summed E-state index contributed by atoms with van der Waals surface area (Å²) in [4.78, 5) is 5.35. The Balaban J connectivity index is 2.90. The molecule has 4 heteroatoms. The maximum atomic E-state index is 5.87. The first-order valence-electron chi connectivity index (χ1n) is 2.77. The molecule has 10 heavy (non-hydrogen) atoms. The van der Waals surface area contributed by atoms with Crippen LogP contribution in [0.15, 0.2) is 5.38 Å². The molecule has 0 amide bonds. The molecule has 0 aliphatic rings. The summed E-state index contributed by atoms with van der Waals surface area (Å²) in [6.07, 6.45) is 0. The highest BCUT2D eigenvalue weighted by Crippen LogP contribution is 2.33. The Morgan fingerprint density at radius 2 is 2.40 bits per heavy atom. The van der Waals surface area contributed by atoms with Gasteiger partial charge in [-0.2, -0.15) is 0 Å². The van der Waals surface area contributed by atoms with Crippen molar-refractivity contribution in [2.24, 2.45) is 0 Å². The second-order valence-electron chi connectivity index (χ2n) is 1.95. The van der Waals surface area contributed by atoms with Crippen molar-refractivity contribution in [3.63, 3.8) is 0 Å². The van der Waals surface area contributed by atoms with Gasteiger partial charge in [-0.3, -0.25) is 0 Å². The van der Waals surface area contributed by atoms with Crippen LogP contribution in [-0.4, -0.2) is 4.98 Å². The van der Waals surface area contributed by atoms with Crippen LogP contribution in [0, 0.1) is 6.92 Å². The van der Waals surface area contributed by atoms with E-state index in [0.717, 1.165) is 19.6 Å². The van der Waals surface area contributed by atoms with Gasteiger partial charge in [0.05, 0.1) is 14.7 Å². The Morgan fingerprint density at radius 1 is 1.60 bits per heavy atom. The van der Waals surface area contributed by atoms with Crippen molar-refractivity contribution >= 4 is 43.8 Å². The normalized spacial score (nSPS) is 11.0. The minimum Gasteiger partial charge on any atom is -0.231 e. The summed E-state index contributed by atoms with van der Waals surface area (Å²) in [7, 11) is 0. The minimum atomic E-state index is 0.839. The number of hydrogen-bond acceptors (Lipinski definition) is 3. The van der Waals surface area contributed by atoms with E-state index in [-0.39, 0.29) is 0 Å². The van der Waals surface area contributed by atoms with Gasteiger partial charge in [0.15, 0.2) is 0 Å². The molecule has 0 unspecified atom stereocenters. The molecule has 0 radical (unpaired) electrons. The van der Waals surface area contributed by atoms with Crippen LogP contribution in [0.1, 0.15) is 5.01 Å². The van der Waals surface area contributed by atoms with E-state index in [1.165, 1.54) is 0 Å². The summed E-state index contributed by atoms with van der Waals surface area (Å²) in [5.74, 6) is 0. The Hall–Kier alpha value is -0.120. The van der Waals surface area contributed by atoms with E-state index in [0.29, 0.717) is 0 Å². The SMILES string of the molecule is Cc1nc2scc(Cl)c2s1. The number of rotatable bonds is 0. The standard InChI is InChI=1S/C6H4ClNS2/c1-3-8-6-5(10-3)4(7)2-9-6/h2H,1H3. The molecule has 0 spiro atoms. The molecule has 0 bridgehead atoms. The van der Waals surface area contributed by atoms with Gasteiger partial charge in [-0.25, -0.2) is 4.98 Å². The van der Waals surface area contributed by atoms with E-state index in [1.807, 2.05) is 12.3 Å². The summed E-state index contributed by atoms with van der Waals surface area (Å²) in [6, 6.07) is 0. The molecule has 0 N–H and O–H groups in total. The largest absolute Gasteiger partial charge is 0.231 e. The Bertz CT molecular complexity index is 363. The van der Waals surface area contributed by atoms with Crippen LogP contribution >= 0.6 is 34.3 Å². The number of thiazole rings is 1. The molecule has 0 fully saturated rings. The van der Waals surface area contributed by atoms with E-state index >= 15 is 0 Å². The number of aromatic nitrogens is 1. The van der Waals surface area contributed by atoms with Crippen molar-refractivity contribution in [2.45, 2.75) is 6.92 Å². The van der Waals surface area contributed by atoms with Gasteiger partial charge in [-0.15, -0.1) is 22.7 Å². The molecule has 1 nitrogen and oxygen atoms in total. The monoisotopic (exact) mass is 189 g/mol. The number of aryl methyl sites for hydroxylation is 1. The topological polar surface area (TPSA) is 12.9 Å². The first-order chi connectivity index (χ1) is 4.77. The number of hydrogen-bond donors (Lipinski definition) is 0. The van der Waals surface area contributed by atoms with Crippen LogP contribution in [-0.2, 0) is 0 Å². The van der Waals surface area contributed by atoms with Crippen molar-refractivity contribution in [2.75, 3.05) is 0 Å². The van der Waals surface area contributed by atoms with Crippen LogP contribution in [0.25, 0.3) is 9.53 Å². The molecule has 0 aliphatic carbocycles. The van der Waals surface area contributed by atoms with E-state index < -0.39 is 0 Å². The number of fused-ring (bicyclic) bond motifs is 1. The fourth-order valence-corrected chi connectivity index (χ4v) is 3.06. The predicted molar refractivity (Wildman–Crippen MR) is 47.2 cm³/mol. The smallest absolute Gasteiger partial charge is 0.136 e. The van der Waals surface area contributed by atoms with E-state index in [9.17, 15) is 0 Å². The third-order valence-electron chi connectivity index (χ3n) is 1.19. The van der Waals surface area contributed by atoms with Gasteiger partial charge in [0.2, 0.25) is 0 Å². The third-order valence-corrected chi connectivity index (χ3v) is 3.74. The maximum Gasteiger partial charge on any atom is 0.136 e. The first kappa shape index (κ1) is 6.58. The molecule has 0 atom stereocenters. The Morgan fingerprint density at radius 3 is 3.10 bits per heavy atom. The summed E-state index contributed by atoms with van der Waals surface area (Å²) in [6.45, 7) is 1.99. The predicted octanol–water partition coefficient (Wildman–Crippen LogP) is 3.32. The summed E-state index contributed by atoms with van der Waals surface area (Å²) >= 11 is 9.12. The number of thiophene rings is 1. The van der Waals surface area contributed by atoms with Gasteiger partial charge in [-0.05, 0) is 6.92 Å². The Kier molecular flexibility index (Phi) is 1.44. The third kappa shape index (κ3) is 0.856. The van der Waals surface area contributed by atoms with E-state index in [4.69, 9.17) is 11.6 Å². The lowest BCUT2D eigenvalue weighted by Crippen LogP contribution is -1.59. The highest BCUT2D eigenvalue weighted by molar-refractivity contribution is 7.27. The quantitative estimate of drug-likeness (QED) is 0.620. The molecule has 2 rings (SSSR count). The van der Waals surface area contributed by atoms with Crippen molar-refractivity contribution in [3.05, 3.63) is 15.4 Å². The van der Waals surface area contributed by atoms with Gasteiger partial charge in [0, 0.05) is 5.38 Å². The van der Waals surface area contributed by atoms with E-state index in [1.54, 1.807) is 22.7 Å². The molecule has 2 heterocycles. The van der Waals surface area contributed by atoms with E-state index in [2.05, 4.69) is 4.98 Å². The molecule has 0 aromatic carbocycles. The molecular formula is C6H4ClNS2. The molecule has 0 saturated carbocycles. The van der Waals surface area contributed by atoms with Crippen molar-refractivity contribution in [1.82, 2.24) is 4.98 Å². The Labute approximate surface area is 71.3 Å². The zero-order chi connectivity index (χ0) is 7.14. The molecule has 52 valence electrons. The fourth-order valence-electron chi connectivity index (χ4n) is 0.800. The lowest BCUT2D eigenvalue weighted by molar-refractivity contribution is 1.36. The van der Waals surface area contributed by atoms with Crippen LogP contribution in [0.4, 0.5) is 0 Å². The minimum absolute atomic E-state index is 0.839. The second-order valence-corrected chi connectivity index (χ2v) is 4.42. The van der Waals surface area contributed by atoms with Gasteiger partial charge in [0.1, 0.15) is 4.83 Å². The van der Waals surface area contributed by atoms with Crippen molar-refractivity contribution < 1.29 is 0 Å². The van der Waals surface area contributed by atoms with Crippen molar-refractivity contribution in [1.29, 1.82) is 0 Å². The molecule has 0 aliphatic heterocycles. The van der Waals surface area contributed by atoms with Gasteiger partial charge >= 0.3 is 0 Å². The van der Waals surface area contributed by atoms with Crippen LogP contribution in [0.5, 0.6) is 0 Å². The maximum absolute atomic E-state index is 5.87. The molecule has 2 aromatic heterocycles. The highest BCUT2D eigenvalue weighted by atomic mass is 35.5. The molecule has 2 aromatic rings. The van der Waals surface area contributed by atoms with Crippen LogP contribution in [0.2, 0.25) is 5.02 Å². The van der Waals surface area contributed by atoms with Gasteiger partial charge in [-0.1, -0.05) is 11.6 Å². The molecule has 0 saturated heterocycles. The lowest BCUT2D eigenvalue weighted by atomic mass is 10.6. The van der Waals surface area contributed by atoms with Crippen LogP contribution < -0.4 is 0 Å².